The van der Waals surface area contributed by atoms with E-state index in [9.17, 15) is 15.0 Å². The van der Waals surface area contributed by atoms with Crippen molar-refractivity contribution in [3.8, 4) is 0 Å². The second kappa shape index (κ2) is 13.7. The van der Waals surface area contributed by atoms with Crippen LogP contribution >= 0.6 is 0 Å². The SMILES string of the molecule is CCNC(O)CCNC(=O)CCNC(O)C(CC)CCC(C)N. The highest BCUT2D eigenvalue weighted by atomic mass is 16.3. The van der Waals surface area contributed by atoms with E-state index >= 15 is 0 Å². The summed E-state index contributed by atoms with van der Waals surface area (Å²) in [5.41, 5.74) is 5.74. The van der Waals surface area contributed by atoms with Gasteiger partial charge in [-0.3, -0.25) is 15.4 Å². The third kappa shape index (κ3) is 12.4. The predicted octanol–water partition coefficient (Wildman–Crippen LogP) is -0.128. The van der Waals surface area contributed by atoms with Crippen molar-refractivity contribution in [1.29, 1.82) is 0 Å². The third-order valence-corrected chi connectivity index (χ3v) is 3.85. The van der Waals surface area contributed by atoms with E-state index in [1.807, 2.05) is 20.8 Å². The summed E-state index contributed by atoms with van der Waals surface area (Å²) in [6.45, 7) is 7.47. The zero-order valence-electron chi connectivity index (χ0n) is 14.8. The van der Waals surface area contributed by atoms with E-state index < -0.39 is 12.5 Å². The fraction of sp³-hybridized carbons (Fsp3) is 0.938. The van der Waals surface area contributed by atoms with Crippen LogP contribution in [0.2, 0.25) is 0 Å². The van der Waals surface area contributed by atoms with E-state index in [2.05, 4.69) is 16.0 Å². The van der Waals surface area contributed by atoms with Gasteiger partial charge in [-0.1, -0.05) is 13.8 Å². The molecule has 0 aromatic heterocycles. The van der Waals surface area contributed by atoms with Gasteiger partial charge in [0, 0.05) is 32.0 Å². The Morgan fingerprint density at radius 2 is 1.78 bits per heavy atom. The Morgan fingerprint density at radius 3 is 2.35 bits per heavy atom. The summed E-state index contributed by atoms with van der Waals surface area (Å²) in [4.78, 5) is 11.7. The number of nitrogens with one attached hydrogen (secondary N) is 3. The lowest BCUT2D eigenvalue weighted by atomic mass is 9.96. The molecule has 0 aliphatic carbocycles. The second-order valence-electron chi connectivity index (χ2n) is 6.08. The van der Waals surface area contributed by atoms with Crippen LogP contribution in [0.4, 0.5) is 0 Å². The Balaban J connectivity index is 3.79. The van der Waals surface area contributed by atoms with Crippen LogP contribution in [0.5, 0.6) is 0 Å². The molecule has 7 nitrogen and oxygen atoms in total. The minimum absolute atomic E-state index is 0.0861. The van der Waals surface area contributed by atoms with Crippen molar-refractivity contribution in [3.63, 3.8) is 0 Å². The quantitative estimate of drug-likeness (QED) is 0.247. The average Bonchev–Trinajstić information content (AvgIpc) is 2.47. The second-order valence-corrected chi connectivity index (χ2v) is 6.08. The van der Waals surface area contributed by atoms with E-state index in [0.717, 1.165) is 19.3 Å². The minimum Gasteiger partial charge on any atom is -0.379 e. The molecule has 7 N–H and O–H groups in total. The smallest absolute Gasteiger partial charge is 0.221 e. The summed E-state index contributed by atoms with van der Waals surface area (Å²) in [6, 6.07) is 0.138. The first-order chi connectivity index (χ1) is 10.9. The normalized spacial score (nSPS) is 16.6. The van der Waals surface area contributed by atoms with Crippen LogP contribution < -0.4 is 21.7 Å². The van der Waals surface area contributed by atoms with E-state index in [-0.39, 0.29) is 17.9 Å². The van der Waals surface area contributed by atoms with Gasteiger partial charge in [0.2, 0.25) is 5.91 Å². The van der Waals surface area contributed by atoms with Gasteiger partial charge in [-0.15, -0.1) is 0 Å². The Morgan fingerprint density at radius 1 is 1.09 bits per heavy atom. The van der Waals surface area contributed by atoms with Crippen molar-refractivity contribution < 1.29 is 15.0 Å². The number of hydrogen-bond donors (Lipinski definition) is 6. The van der Waals surface area contributed by atoms with Gasteiger partial charge in [0.1, 0.15) is 12.5 Å². The van der Waals surface area contributed by atoms with Gasteiger partial charge in [0.15, 0.2) is 0 Å². The van der Waals surface area contributed by atoms with Crippen LogP contribution in [-0.4, -0.2) is 54.3 Å². The molecule has 0 heterocycles. The monoisotopic (exact) mass is 332 g/mol. The summed E-state index contributed by atoms with van der Waals surface area (Å²) in [5, 5.41) is 28.2. The molecule has 0 rings (SSSR count). The molecule has 4 atom stereocenters. The van der Waals surface area contributed by atoms with E-state index in [1.54, 1.807) is 0 Å². The van der Waals surface area contributed by atoms with Crippen LogP contribution in [0.3, 0.4) is 0 Å². The fourth-order valence-corrected chi connectivity index (χ4v) is 2.34. The zero-order chi connectivity index (χ0) is 17.7. The van der Waals surface area contributed by atoms with E-state index in [1.165, 1.54) is 0 Å². The van der Waals surface area contributed by atoms with Gasteiger partial charge in [-0.25, -0.2) is 0 Å². The number of carbonyl (C=O) groups excluding carboxylic acids is 1. The molecular formula is C16H36N4O3. The molecule has 0 aromatic rings. The molecule has 0 aliphatic heterocycles. The van der Waals surface area contributed by atoms with Crippen molar-refractivity contribution >= 4 is 5.91 Å². The summed E-state index contributed by atoms with van der Waals surface area (Å²) < 4.78 is 0. The van der Waals surface area contributed by atoms with Crippen molar-refractivity contribution in [2.45, 2.75) is 71.4 Å². The molecule has 0 aromatic carbocycles. The molecule has 0 saturated heterocycles. The summed E-state index contributed by atoms with van der Waals surface area (Å²) >= 11 is 0. The molecule has 138 valence electrons. The van der Waals surface area contributed by atoms with Crippen LogP contribution in [0, 0.1) is 5.92 Å². The van der Waals surface area contributed by atoms with Crippen molar-refractivity contribution in [1.82, 2.24) is 16.0 Å². The molecule has 7 heteroatoms. The van der Waals surface area contributed by atoms with E-state index in [0.29, 0.717) is 32.5 Å². The maximum absolute atomic E-state index is 11.7. The molecule has 23 heavy (non-hydrogen) atoms. The lowest BCUT2D eigenvalue weighted by Crippen LogP contribution is -2.39. The number of aliphatic hydroxyl groups excluding tert-OH is 2. The Kier molecular flexibility index (Phi) is 13.3. The summed E-state index contributed by atoms with van der Waals surface area (Å²) in [6.07, 6.45) is 2.21. The largest absolute Gasteiger partial charge is 0.379 e. The highest BCUT2D eigenvalue weighted by Gasteiger charge is 2.17. The lowest BCUT2D eigenvalue weighted by Gasteiger charge is -2.23. The van der Waals surface area contributed by atoms with Crippen LogP contribution in [0.25, 0.3) is 0 Å². The average molecular weight is 332 g/mol. The zero-order valence-corrected chi connectivity index (χ0v) is 14.8. The van der Waals surface area contributed by atoms with Crippen LogP contribution in [0.15, 0.2) is 0 Å². The van der Waals surface area contributed by atoms with E-state index in [4.69, 9.17) is 5.73 Å². The van der Waals surface area contributed by atoms with Gasteiger partial charge in [0.25, 0.3) is 0 Å². The molecule has 1 amide bonds. The number of rotatable bonds is 14. The highest BCUT2D eigenvalue weighted by Crippen LogP contribution is 2.15. The third-order valence-electron chi connectivity index (χ3n) is 3.85. The van der Waals surface area contributed by atoms with Crippen LogP contribution in [0.1, 0.15) is 52.9 Å². The van der Waals surface area contributed by atoms with Crippen LogP contribution in [-0.2, 0) is 4.79 Å². The van der Waals surface area contributed by atoms with Gasteiger partial charge in [-0.05, 0) is 38.6 Å². The molecule has 4 unspecified atom stereocenters. The molecule has 0 fully saturated rings. The lowest BCUT2D eigenvalue weighted by molar-refractivity contribution is -0.121. The number of amides is 1. The van der Waals surface area contributed by atoms with Crippen molar-refractivity contribution in [2.75, 3.05) is 19.6 Å². The predicted molar refractivity (Wildman–Crippen MR) is 92.6 cm³/mol. The molecule has 0 aliphatic rings. The number of aliphatic hydroxyl groups is 2. The number of carbonyl (C=O) groups is 1. The Bertz CT molecular complexity index is 303. The molecule has 0 radical (unpaired) electrons. The van der Waals surface area contributed by atoms with Gasteiger partial charge < -0.3 is 21.3 Å². The highest BCUT2D eigenvalue weighted by molar-refractivity contribution is 5.75. The number of hydrogen-bond acceptors (Lipinski definition) is 6. The fourth-order valence-electron chi connectivity index (χ4n) is 2.34. The maximum Gasteiger partial charge on any atom is 0.221 e. The summed E-state index contributed by atoms with van der Waals surface area (Å²) in [5.74, 6) is 0.0661. The molecule has 0 saturated carbocycles. The topological polar surface area (TPSA) is 120 Å². The van der Waals surface area contributed by atoms with Crippen molar-refractivity contribution in [2.24, 2.45) is 11.7 Å². The molecule has 0 spiro atoms. The van der Waals surface area contributed by atoms with Gasteiger partial charge in [0.05, 0.1) is 0 Å². The first-order valence-electron chi connectivity index (χ1n) is 8.75. The minimum atomic E-state index is -0.609. The Labute approximate surface area is 140 Å². The number of nitrogens with two attached hydrogens (primary N) is 1. The molecular weight excluding hydrogens is 296 g/mol. The Hall–Kier alpha value is -0.730. The van der Waals surface area contributed by atoms with Gasteiger partial charge >= 0.3 is 0 Å². The standard InChI is InChI=1S/C16H36N4O3/c1-4-13(7-6-12(3)17)16(23)20-11-9-15(22)19-10-8-14(21)18-5-2/h12-14,16,18,20-21,23H,4-11,17H2,1-3H3,(H,19,22). The summed E-state index contributed by atoms with van der Waals surface area (Å²) in [7, 11) is 0. The first-order valence-corrected chi connectivity index (χ1v) is 8.75. The first kappa shape index (κ1) is 22.3. The van der Waals surface area contributed by atoms with Crippen molar-refractivity contribution in [3.05, 3.63) is 0 Å². The molecule has 0 bridgehead atoms. The van der Waals surface area contributed by atoms with Gasteiger partial charge in [-0.2, -0.15) is 0 Å². The maximum atomic E-state index is 11.7.